The average molecular weight is 208 g/mol. The summed E-state index contributed by atoms with van der Waals surface area (Å²) in [4.78, 5) is 11.5. The van der Waals surface area contributed by atoms with Crippen molar-refractivity contribution in [3.63, 3.8) is 0 Å². The van der Waals surface area contributed by atoms with E-state index in [0.29, 0.717) is 12.3 Å². The molecule has 0 saturated heterocycles. The lowest BCUT2D eigenvalue weighted by molar-refractivity contribution is -0.120. The van der Waals surface area contributed by atoms with E-state index >= 15 is 0 Å². The molecule has 0 aromatic carbocycles. The number of ether oxygens (including phenoxy) is 1. The third kappa shape index (κ3) is 2.61. The van der Waals surface area contributed by atoms with E-state index in [1.165, 1.54) is 32.1 Å². The highest BCUT2D eigenvalue weighted by Gasteiger charge is 2.29. The van der Waals surface area contributed by atoms with Gasteiger partial charge in [-0.2, -0.15) is 0 Å². The lowest BCUT2D eigenvalue weighted by Gasteiger charge is -2.32. The Kier molecular flexibility index (Phi) is 3.45. The second kappa shape index (κ2) is 4.82. The van der Waals surface area contributed by atoms with Gasteiger partial charge in [-0.3, -0.25) is 4.79 Å². The summed E-state index contributed by atoms with van der Waals surface area (Å²) in [5, 5.41) is 0. The molecule has 2 nitrogen and oxygen atoms in total. The molecule has 2 rings (SSSR count). The molecule has 2 aliphatic rings. The first kappa shape index (κ1) is 10.7. The summed E-state index contributed by atoms with van der Waals surface area (Å²) in [5.74, 6) is 1.77. The van der Waals surface area contributed by atoms with Gasteiger partial charge in [-0.25, -0.2) is 0 Å². The number of carbonyl (C=O) groups is 1. The van der Waals surface area contributed by atoms with Crippen LogP contribution in [-0.4, -0.2) is 11.9 Å². The van der Waals surface area contributed by atoms with Gasteiger partial charge in [-0.05, 0) is 18.8 Å². The summed E-state index contributed by atoms with van der Waals surface area (Å²) in [6, 6.07) is 0. The lowest BCUT2D eigenvalue weighted by atomic mass is 9.83. The molecule has 15 heavy (non-hydrogen) atoms. The first-order valence-corrected chi connectivity index (χ1v) is 6.19. The average Bonchev–Trinajstić information content (AvgIpc) is 2.29. The monoisotopic (exact) mass is 208 g/mol. The zero-order valence-electron chi connectivity index (χ0n) is 9.50. The Bertz CT molecular complexity index is 262. The molecule has 0 unspecified atom stereocenters. The van der Waals surface area contributed by atoms with Crippen LogP contribution in [0.1, 0.15) is 51.9 Å². The summed E-state index contributed by atoms with van der Waals surface area (Å²) in [5.41, 5.74) is 0. The van der Waals surface area contributed by atoms with E-state index in [9.17, 15) is 4.79 Å². The van der Waals surface area contributed by atoms with Gasteiger partial charge in [0.05, 0.1) is 5.76 Å². The quantitative estimate of drug-likeness (QED) is 0.696. The van der Waals surface area contributed by atoms with E-state index in [2.05, 4.69) is 0 Å². The fourth-order valence-corrected chi connectivity index (χ4v) is 2.66. The molecule has 1 saturated carbocycles. The number of hydrogen-bond donors (Lipinski definition) is 0. The minimum absolute atomic E-state index is 0.178. The summed E-state index contributed by atoms with van der Waals surface area (Å²) >= 11 is 0. The summed E-state index contributed by atoms with van der Waals surface area (Å²) < 4.78 is 5.89. The number of allylic oxidation sites excluding steroid dienone is 2. The lowest BCUT2D eigenvalue weighted by Crippen LogP contribution is -2.31. The Balaban J connectivity index is 1.98. The Morgan fingerprint density at radius 3 is 2.73 bits per heavy atom. The fraction of sp³-hybridized carbons (Fsp3) is 0.769. The predicted octanol–water partition coefficient (Wildman–Crippen LogP) is 3.22. The number of rotatable bonds is 2. The van der Waals surface area contributed by atoms with Crippen LogP contribution in [-0.2, 0) is 9.53 Å². The molecular weight excluding hydrogens is 188 g/mol. The molecule has 1 atom stereocenters. The molecule has 0 N–H and O–H groups in total. The van der Waals surface area contributed by atoms with E-state index < -0.39 is 0 Å². The van der Waals surface area contributed by atoms with Gasteiger partial charge in [0.1, 0.15) is 6.10 Å². The first-order valence-electron chi connectivity index (χ1n) is 6.19. The van der Waals surface area contributed by atoms with Crippen molar-refractivity contribution >= 4 is 5.78 Å². The molecule has 1 aliphatic heterocycles. The van der Waals surface area contributed by atoms with Crippen molar-refractivity contribution in [2.75, 3.05) is 0 Å². The van der Waals surface area contributed by atoms with Crippen molar-refractivity contribution in [1.82, 2.24) is 0 Å². The number of ketones is 1. The van der Waals surface area contributed by atoms with E-state index in [1.54, 1.807) is 6.08 Å². The second-order valence-corrected chi connectivity index (χ2v) is 4.69. The molecule has 0 bridgehead atoms. The maximum atomic E-state index is 11.5. The van der Waals surface area contributed by atoms with Crippen LogP contribution in [0.25, 0.3) is 0 Å². The Labute approximate surface area is 91.7 Å². The van der Waals surface area contributed by atoms with Gasteiger partial charge < -0.3 is 4.74 Å². The highest BCUT2D eigenvalue weighted by Crippen LogP contribution is 2.32. The Morgan fingerprint density at radius 2 is 2.07 bits per heavy atom. The SMILES string of the molecule is CCC1=CC(=O)C[C@@H](C2CCCCC2)O1. The molecule has 0 amide bonds. The highest BCUT2D eigenvalue weighted by molar-refractivity contribution is 5.91. The van der Waals surface area contributed by atoms with Gasteiger partial charge in [0.2, 0.25) is 0 Å². The smallest absolute Gasteiger partial charge is 0.162 e. The minimum atomic E-state index is 0.178. The summed E-state index contributed by atoms with van der Waals surface area (Å²) in [6.07, 6.45) is 9.77. The largest absolute Gasteiger partial charge is 0.494 e. The van der Waals surface area contributed by atoms with Crippen molar-refractivity contribution in [2.24, 2.45) is 5.92 Å². The van der Waals surface area contributed by atoms with Crippen molar-refractivity contribution in [1.29, 1.82) is 0 Å². The number of hydrogen-bond acceptors (Lipinski definition) is 2. The van der Waals surface area contributed by atoms with Crippen LogP contribution in [0, 0.1) is 5.92 Å². The Morgan fingerprint density at radius 1 is 1.33 bits per heavy atom. The van der Waals surface area contributed by atoms with Crippen LogP contribution in [0.15, 0.2) is 11.8 Å². The number of carbonyl (C=O) groups excluding carboxylic acids is 1. The minimum Gasteiger partial charge on any atom is -0.494 e. The molecule has 0 spiro atoms. The van der Waals surface area contributed by atoms with E-state index in [1.807, 2.05) is 6.92 Å². The zero-order valence-corrected chi connectivity index (χ0v) is 9.50. The van der Waals surface area contributed by atoms with Crippen molar-refractivity contribution in [3.8, 4) is 0 Å². The molecule has 1 fully saturated rings. The molecule has 0 radical (unpaired) electrons. The van der Waals surface area contributed by atoms with Crippen molar-refractivity contribution in [2.45, 2.75) is 58.0 Å². The zero-order chi connectivity index (χ0) is 10.7. The van der Waals surface area contributed by atoms with Gasteiger partial charge >= 0.3 is 0 Å². The molecular formula is C13H20O2. The van der Waals surface area contributed by atoms with E-state index in [0.717, 1.165) is 12.2 Å². The van der Waals surface area contributed by atoms with Crippen LogP contribution in [0.2, 0.25) is 0 Å². The van der Waals surface area contributed by atoms with Gasteiger partial charge in [-0.1, -0.05) is 26.2 Å². The van der Waals surface area contributed by atoms with Crippen molar-refractivity contribution in [3.05, 3.63) is 11.8 Å². The summed E-state index contributed by atoms with van der Waals surface area (Å²) in [7, 11) is 0. The van der Waals surface area contributed by atoms with E-state index in [4.69, 9.17) is 4.74 Å². The molecule has 0 aromatic heterocycles. The van der Waals surface area contributed by atoms with Gasteiger partial charge in [-0.15, -0.1) is 0 Å². The molecule has 84 valence electrons. The maximum absolute atomic E-state index is 11.5. The van der Waals surface area contributed by atoms with Crippen LogP contribution in [0.5, 0.6) is 0 Å². The third-order valence-corrected chi connectivity index (χ3v) is 3.55. The summed E-state index contributed by atoms with van der Waals surface area (Å²) in [6.45, 7) is 2.04. The van der Waals surface area contributed by atoms with Crippen molar-refractivity contribution < 1.29 is 9.53 Å². The highest BCUT2D eigenvalue weighted by atomic mass is 16.5. The molecule has 2 heteroatoms. The van der Waals surface area contributed by atoms with Crippen LogP contribution in [0.4, 0.5) is 0 Å². The third-order valence-electron chi connectivity index (χ3n) is 3.55. The van der Waals surface area contributed by atoms with Crippen LogP contribution >= 0.6 is 0 Å². The fourth-order valence-electron chi connectivity index (χ4n) is 2.66. The van der Waals surface area contributed by atoms with Gasteiger partial charge in [0.15, 0.2) is 5.78 Å². The maximum Gasteiger partial charge on any atom is 0.162 e. The normalized spacial score (nSPS) is 28.5. The Hall–Kier alpha value is -0.790. The topological polar surface area (TPSA) is 26.3 Å². The van der Waals surface area contributed by atoms with E-state index in [-0.39, 0.29) is 11.9 Å². The van der Waals surface area contributed by atoms with Gasteiger partial charge in [0.25, 0.3) is 0 Å². The standard InChI is InChI=1S/C13H20O2/c1-2-12-8-11(14)9-13(15-12)10-6-4-3-5-7-10/h8,10,13H,2-7,9H2,1H3/t13-/m0/s1. The van der Waals surface area contributed by atoms with Gasteiger partial charge in [0, 0.05) is 18.9 Å². The van der Waals surface area contributed by atoms with Crippen LogP contribution in [0.3, 0.4) is 0 Å². The second-order valence-electron chi connectivity index (χ2n) is 4.69. The molecule has 0 aromatic rings. The molecule has 1 aliphatic carbocycles. The van der Waals surface area contributed by atoms with Crippen LogP contribution < -0.4 is 0 Å². The molecule has 1 heterocycles. The predicted molar refractivity (Wildman–Crippen MR) is 59.4 cm³/mol. The first-order chi connectivity index (χ1) is 7.29.